The molecule has 1 amide bonds. The lowest BCUT2D eigenvalue weighted by Crippen LogP contribution is -2.45. The molecule has 1 aromatic heterocycles. The number of carbonyl (C=O) groups excluding carboxylic acids is 1. The summed E-state index contributed by atoms with van der Waals surface area (Å²) in [5, 5.41) is 3.95. The number of nitrogens with one attached hydrogen (secondary N) is 1. The summed E-state index contributed by atoms with van der Waals surface area (Å²) >= 11 is 12.2. The Labute approximate surface area is 204 Å². The zero-order valence-electron chi connectivity index (χ0n) is 18.9. The van der Waals surface area contributed by atoms with Crippen LogP contribution < -0.4 is 10.2 Å². The van der Waals surface area contributed by atoms with Crippen molar-refractivity contribution in [2.75, 3.05) is 23.3 Å². The number of halogens is 2. The van der Waals surface area contributed by atoms with Crippen LogP contribution in [0.15, 0.2) is 54.7 Å². The highest BCUT2D eigenvalue weighted by Gasteiger charge is 2.22. The van der Waals surface area contributed by atoms with E-state index in [2.05, 4.69) is 29.0 Å². The monoisotopic (exact) mass is 483 g/mol. The average molecular weight is 484 g/mol. The van der Waals surface area contributed by atoms with Crippen LogP contribution in [-0.2, 0) is 11.2 Å². The topological polar surface area (TPSA) is 54.5 Å². The fourth-order valence-corrected chi connectivity index (χ4v) is 4.43. The van der Waals surface area contributed by atoms with Crippen molar-refractivity contribution in [1.82, 2.24) is 4.98 Å². The Hall–Kier alpha value is -2.60. The standard InChI is InChI=1S/C26H27Cl2N3O2/c1-4-18-13-29-25(19-5-10-23(27)24(28)11-19)12-22(18)26(32)30-20-6-8-21(9-7-20)31-14-16(2)33-17(3)15-31/h5-13,16-17H,4,14-15H2,1-3H3,(H,30,32). The normalized spacial score (nSPS) is 18.3. The molecular formula is C26H27Cl2N3O2. The van der Waals surface area contributed by atoms with E-state index < -0.39 is 0 Å². The third-order valence-corrected chi connectivity index (χ3v) is 6.48. The molecule has 1 aliphatic rings. The molecule has 7 heteroatoms. The first-order valence-corrected chi connectivity index (χ1v) is 11.9. The number of carbonyl (C=O) groups is 1. The molecule has 1 N–H and O–H groups in total. The SMILES string of the molecule is CCc1cnc(-c2ccc(Cl)c(Cl)c2)cc1C(=O)Nc1ccc(N2CC(C)OC(C)C2)cc1. The number of benzene rings is 2. The number of aryl methyl sites for hydroxylation is 1. The van der Waals surface area contributed by atoms with Crippen LogP contribution in [0, 0.1) is 0 Å². The van der Waals surface area contributed by atoms with Gasteiger partial charge in [-0.1, -0.05) is 36.2 Å². The number of anilines is 2. The number of hydrogen-bond donors (Lipinski definition) is 1. The van der Waals surface area contributed by atoms with Gasteiger partial charge in [-0.15, -0.1) is 0 Å². The molecule has 2 aromatic carbocycles. The zero-order valence-corrected chi connectivity index (χ0v) is 20.5. The van der Waals surface area contributed by atoms with Crippen LogP contribution in [0.1, 0.15) is 36.7 Å². The predicted molar refractivity (Wildman–Crippen MR) is 136 cm³/mol. The molecule has 0 aliphatic carbocycles. The van der Waals surface area contributed by atoms with Gasteiger partial charge < -0.3 is 15.0 Å². The first-order chi connectivity index (χ1) is 15.8. The molecule has 1 saturated heterocycles. The van der Waals surface area contributed by atoms with Gasteiger partial charge in [0, 0.05) is 41.8 Å². The highest BCUT2D eigenvalue weighted by molar-refractivity contribution is 6.42. The Kier molecular flexibility index (Phi) is 7.23. The van der Waals surface area contributed by atoms with Gasteiger partial charge in [-0.3, -0.25) is 9.78 Å². The Balaban J connectivity index is 1.53. The lowest BCUT2D eigenvalue weighted by Gasteiger charge is -2.36. The Morgan fingerprint density at radius 3 is 2.39 bits per heavy atom. The van der Waals surface area contributed by atoms with Gasteiger partial charge in [-0.25, -0.2) is 0 Å². The number of morpholine rings is 1. The number of pyridine rings is 1. The summed E-state index contributed by atoms with van der Waals surface area (Å²) in [4.78, 5) is 20.0. The maximum atomic E-state index is 13.2. The maximum absolute atomic E-state index is 13.2. The van der Waals surface area contributed by atoms with Gasteiger partial charge in [0.05, 0.1) is 27.9 Å². The molecule has 0 bridgehead atoms. The molecule has 5 nitrogen and oxygen atoms in total. The minimum Gasteiger partial charge on any atom is -0.372 e. The van der Waals surface area contributed by atoms with Crippen molar-refractivity contribution < 1.29 is 9.53 Å². The third-order valence-electron chi connectivity index (χ3n) is 5.74. The lowest BCUT2D eigenvalue weighted by atomic mass is 10.0. The predicted octanol–water partition coefficient (Wildman–Crippen LogP) is 6.48. The Morgan fingerprint density at radius 2 is 1.76 bits per heavy atom. The van der Waals surface area contributed by atoms with E-state index in [1.807, 2.05) is 37.3 Å². The molecule has 0 saturated carbocycles. The summed E-state index contributed by atoms with van der Waals surface area (Å²) < 4.78 is 5.82. The molecule has 172 valence electrons. The summed E-state index contributed by atoms with van der Waals surface area (Å²) in [6.07, 6.45) is 2.83. The van der Waals surface area contributed by atoms with Crippen LogP contribution in [-0.4, -0.2) is 36.2 Å². The van der Waals surface area contributed by atoms with E-state index in [0.29, 0.717) is 27.7 Å². The van der Waals surface area contributed by atoms with E-state index in [4.69, 9.17) is 27.9 Å². The van der Waals surface area contributed by atoms with Crippen LogP contribution >= 0.6 is 23.2 Å². The molecule has 2 atom stereocenters. The van der Waals surface area contributed by atoms with Crippen molar-refractivity contribution >= 4 is 40.5 Å². The number of ether oxygens (including phenoxy) is 1. The molecule has 33 heavy (non-hydrogen) atoms. The van der Waals surface area contributed by atoms with Crippen LogP contribution in [0.2, 0.25) is 10.0 Å². The number of aromatic nitrogens is 1. The highest BCUT2D eigenvalue weighted by atomic mass is 35.5. The molecule has 3 aromatic rings. The molecular weight excluding hydrogens is 457 g/mol. The molecule has 2 heterocycles. The molecule has 1 aliphatic heterocycles. The lowest BCUT2D eigenvalue weighted by molar-refractivity contribution is -0.00521. The smallest absolute Gasteiger partial charge is 0.256 e. The number of rotatable bonds is 5. The van der Waals surface area contributed by atoms with Crippen molar-refractivity contribution in [2.45, 2.75) is 39.4 Å². The first-order valence-electron chi connectivity index (χ1n) is 11.1. The van der Waals surface area contributed by atoms with Crippen LogP contribution in [0.4, 0.5) is 11.4 Å². The summed E-state index contributed by atoms with van der Waals surface area (Å²) in [6.45, 7) is 7.88. The molecule has 0 spiro atoms. The summed E-state index contributed by atoms with van der Waals surface area (Å²) in [5.74, 6) is -0.170. The number of amides is 1. The second-order valence-electron chi connectivity index (χ2n) is 8.37. The first kappa shape index (κ1) is 23.6. The van der Waals surface area contributed by atoms with Crippen molar-refractivity contribution in [1.29, 1.82) is 0 Å². The van der Waals surface area contributed by atoms with E-state index in [1.54, 1.807) is 24.4 Å². The minimum atomic E-state index is -0.170. The van der Waals surface area contributed by atoms with Gasteiger partial charge in [-0.2, -0.15) is 0 Å². The van der Waals surface area contributed by atoms with Gasteiger partial charge in [0.2, 0.25) is 0 Å². The van der Waals surface area contributed by atoms with Crippen molar-refractivity contribution in [2.24, 2.45) is 0 Å². The fraction of sp³-hybridized carbons (Fsp3) is 0.308. The second kappa shape index (κ2) is 10.1. The van der Waals surface area contributed by atoms with Crippen LogP contribution in [0.5, 0.6) is 0 Å². The fourth-order valence-electron chi connectivity index (χ4n) is 4.13. The summed E-state index contributed by atoms with van der Waals surface area (Å²) in [6, 6.07) is 15.1. The van der Waals surface area contributed by atoms with Crippen molar-refractivity contribution in [3.8, 4) is 11.3 Å². The van der Waals surface area contributed by atoms with E-state index in [0.717, 1.165) is 35.6 Å². The van der Waals surface area contributed by atoms with Gasteiger partial charge >= 0.3 is 0 Å². The third kappa shape index (κ3) is 5.49. The van der Waals surface area contributed by atoms with Gasteiger partial charge in [0.25, 0.3) is 5.91 Å². The maximum Gasteiger partial charge on any atom is 0.256 e. The molecule has 1 fully saturated rings. The van der Waals surface area contributed by atoms with Crippen LogP contribution in [0.3, 0.4) is 0 Å². The molecule has 4 rings (SSSR count). The van der Waals surface area contributed by atoms with Gasteiger partial charge in [0.15, 0.2) is 0 Å². The van der Waals surface area contributed by atoms with Gasteiger partial charge in [0.1, 0.15) is 0 Å². The van der Waals surface area contributed by atoms with E-state index in [-0.39, 0.29) is 18.1 Å². The Bertz CT molecular complexity index is 1140. The van der Waals surface area contributed by atoms with Crippen molar-refractivity contribution in [3.05, 3.63) is 75.9 Å². The summed E-state index contributed by atoms with van der Waals surface area (Å²) in [5.41, 5.74) is 4.81. The quantitative estimate of drug-likeness (QED) is 0.450. The minimum absolute atomic E-state index is 0.170. The van der Waals surface area contributed by atoms with E-state index in [9.17, 15) is 4.79 Å². The average Bonchev–Trinajstić information content (AvgIpc) is 2.80. The number of nitrogens with zero attached hydrogens (tertiary/aromatic N) is 2. The largest absolute Gasteiger partial charge is 0.372 e. The van der Waals surface area contributed by atoms with Crippen LogP contribution in [0.25, 0.3) is 11.3 Å². The highest BCUT2D eigenvalue weighted by Crippen LogP contribution is 2.29. The van der Waals surface area contributed by atoms with Crippen molar-refractivity contribution in [3.63, 3.8) is 0 Å². The Morgan fingerprint density at radius 1 is 1.06 bits per heavy atom. The van der Waals surface area contributed by atoms with E-state index >= 15 is 0 Å². The van der Waals surface area contributed by atoms with Gasteiger partial charge in [-0.05, 0) is 68.3 Å². The second-order valence-corrected chi connectivity index (χ2v) is 9.19. The molecule has 0 radical (unpaired) electrons. The van der Waals surface area contributed by atoms with E-state index in [1.165, 1.54) is 0 Å². The zero-order chi connectivity index (χ0) is 23.5. The summed E-state index contributed by atoms with van der Waals surface area (Å²) in [7, 11) is 0. The number of hydrogen-bond acceptors (Lipinski definition) is 4. The molecule has 2 unspecified atom stereocenters.